The summed E-state index contributed by atoms with van der Waals surface area (Å²) in [4.78, 5) is 2.51. The van der Waals surface area contributed by atoms with Crippen molar-refractivity contribution >= 4 is 10.8 Å². The maximum absolute atomic E-state index is 11.4. The normalized spacial score (nSPS) is 23.4. The third kappa shape index (κ3) is 5.00. The Balaban J connectivity index is 1.78. The van der Waals surface area contributed by atoms with Crippen LogP contribution in [-0.2, 0) is 17.2 Å². The molecule has 1 N–H and O–H groups in total. The van der Waals surface area contributed by atoms with E-state index in [0.717, 1.165) is 39.0 Å². The Hall–Kier alpha value is -0.710. The molecule has 3 unspecified atom stereocenters. The molecule has 1 aliphatic heterocycles. The first-order valence-corrected chi connectivity index (χ1v) is 9.09. The van der Waals surface area contributed by atoms with Gasteiger partial charge in [0.25, 0.3) is 0 Å². The molecule has 1 heterocycles. The number of piperazine rings is 1. The van der Waals surface area contributed by atoms with Gasteiger partial charge in [-0.1, -0.05) is 37.3 Å². The van der Waals surface area contributed by atoms with Crippen molar-refractivity contribution in [2.75, 3.05) is 32.4 Å². The summed E-state index contributed by atoms with van der Waals surface area (Å²) >= 11 is 0. The summed E-state index contributed by atoms with van der Waals surface area (Å²) < 4.78 is 11.4. The zero-order chi connectivity index (χ0) is 14.4. The number of hydrogen-bond donors (Lipinski definition) is 1. The van der Waals surface area contributed by atoms with Crippen LogP contribution in [0, 0.1) is 0 Å². The Labute approximate surface area is 125 Å². The molecule has 0 saturated carbocycles. The summed E-state index contributed by atoms with van der Waals surface area (Å²) in [6.07, 6.45) is 3.93. The van der Waals surface area contributed by atoms with Gasteiger partial charge in [-0.2, -0.15) is 0 Å². The smallest absolute Gasteiger partial charge is 0.0329 e. The van der Waals surface area contributed by atoms with Gasteiger partial charge in [-0.05, 0) is 24.9 Å². The van der Waals surface area contributed by atoms with Crippen molar-refractivity contribution in [2.45, 2.75) is 31.1 Å². The predicted octanol–water partition coefficient (Wildman–Crippen LogP) is 1.66. The quantitative estimate of drug-likeness (QED) is 0.866. The summed E-state index contributed by atoms with van der Waals surface area (Å²) in [5, 5.41) is 3.91. The predicted molar refractivity (Wildman–Crippen MR) is 86.5 cm³/mol. The lowest BCUT2D eigenvalue weighted by Gasteiger charge is -2.34. The molecule has 2 rings (SSSR count). The van der Waals surface area contributed by atoms with E-state index in [0.29, 0.717) is 11.3 Å². The van der Waals surface area contributed by atoms with Gasteiger partial charge >= 0.3 is 0 Å². The molecule has 1 saturated heterocycles. The zero-order valence-corrected chi connectivity index (χ0v) is 13.4. The van der Waals surface area contributed by atoms with Crippen LogP contribution in [0.5, 0.6) is 0 Å². The SMILES string of the molecule is CC(CCN1CCNC(Cc2ccccc2)C1)S(C)=O. The number of hydrogen-bond acceptors (Lipinski definition) is 3. The first kappa shape index (κ1) is 15.7. The van der Waals surface area contributed by atoms with E-state index in [1.807, 2.05) is 0 Å². The molecule has 3 nitrogen and oxygen atoms in total. The molecule has 0 spiro atoms. The number of nitrogens with zero attached hydrogens (tertiary/aromatic N) is 1. The number of benzene rings is 1. The summed E-state index contributed by atoms with van der Waals surface area (Å²) in [6, 6.07) is 11.2. The fourth-order valence-corrected chi connectivity index (χ4v) is 3.10. The monoisotopic (exact) mass is 294 g/mol. The van der Waals surface area contributed by atoms with E-state index in [9.17, 15) is 4.21 Å². The van der Waals surface area contributed by atoms with Crippen molar-refractivity contribution in [3.05, 3.63) is 35.9 Å². The first-order valence-electron chi connectivity index (χ1n) is 7.47. The van der Waals surface area contributed by atoms with E-state index in [1.165, 1.54) is 5.56 Å². The van der Waals surface area contributed by atoms with E-state index in [1.54, 1.807) is 6.26 Å². The Morgan fingerprint density at radius 2 is 2.15 bits per heavy atom. The lowest BCUT2D eigenvalue weighted by atomic mass is 10.0. The highest BCUT2D eigenvalue weighted by Crippen LogP contribution is 2.09. The molecule has 0 radical (unpaired) electrons. The van der Waals surface area contributed by atoms with Crippen molar-refractivity contribution in [3.63, 3.8) is 0 Å². The standard InChI is InChI=1S/C16H26N2OS/c1-14(20(2)19)8-10-18-11-9-17-16(13-18)12-15-6-4-3-5-7-15/h3-7,14,16-17H,8-13H2,1-2H3. The van der Waals surface area contributed by atoms with Gasteiger partial charge < -0.3 is 10.2 Å². The van der Waals surface area contributed by atoms with E-state index in [-0.39, 0.29) is 0 Å². The van der Waals surface area contributed by atoms with Crippen LogP contribution in [0.2, 0.25) is 0 Å². The minimum absolute atomic E-state index is 0.303. The van der Waals surface area contributed by atoms with E-state index < -0.39 is 10.8 Å². The highest BCUT2D eigenvalue weighted by atomic mass is 32.2. The molecule has 1 aliphatic rings. The van der Waals surface area contributed by atoms with E-state index in [4.69, 9.17) is 0 Å². The molecule has 1 aromatic carbocycles. The second kappa shape index (κ2) is 7.91. The fraction of sp³-hybridized carbons (Fsp3) is 0.625. The maximum Gasteiger partial charge on any atom is 0.0329 e. The third-order valence-corrected chi connectivity index (χ3v) is 5.45. The Morgan fingerprint density at radius 1 is 1.40 bits per heavy atom. The molecular weight excluding hydrogens is 268 g/mol. The minimum Gasteiger partial charge on any atom is -0.311 e. The molecule has 1 fully saturated rings. The molecule has 112 valence electrons. The van der Waals surface area contributed by atoms with Gasteiger partial charge in [0.2, 0.25) is 0 Å². The average Bonchev–Trinajstić information content (AvgIpc) is 2.46. The van der Waals surface area contributed by atoms with Crippen LogP contribution in [-0.4, -0.2) is 52.8 Å². The first-order chi connectivity index (χ1) is 9.65. The molecule has 0 bridgehead atoms. The lowest BCUT2D eigenvalue weighted by Crippen LogP contribution is -2.51. The van der Waals surface area contributed by atoms with Crippen molar-refractivity contribution in [3.8, 4) is 0 Å². The van der Waals surface area contributed by atoms with Gasteiger partial charge in [-0.25, -0.2) is 0 Å². The zero-order valence-electron chi connectivity index (χ0n) is 12.5. The summed E-state index contributed by atoms with van der Waals surface area (Å²) in [6.45, 7) is 6.40. The topological polar surface area (TPSA) is 32.3 Å². The Morgan fingerprint density at radius 3 is 2.85 bits per heavy atom. The van der Waals surface area contributed by atoms with Gasteiger partial charge in [0, 0.05) is 48.0 Å². The van der Waals surface area contributed by atoms with Crippen molar-refractivity contribution in [1.29, 1.82) is 0 Å². The van der Waals surface area contributed by atoms with Crippen LogP contribution in [0.25, 0.3) is 0 Å². The molecule has 20 heavy (non-hydrogen) atoms. The van der Waals surface area contributed by atoms with Crippen LogP contribution in [0.3, 0.4) is 0 Å². The van der Waals surface area contributed by atoms with Crippen LogP contribution < -0.4 is 5.32 Å². The maximum atomic E-state index is 11.4. The van der Waals surface area contributed by atoms with Crippen LogP contribution >= 0.6 is 0 Å². The molecule has 0 aliphatic carbocycles. The largest absolute Gasteiger partial charge is 0.311 e. The molecule has 0 amide bonds. The van der Waals surface area contributed by atoms with Gasteiger partial charge in [-0.15, -0.1) is 0 Å². The third-order valence-electron chi connectivity index (χ3n) is 4.08. The highest BCUT2D eigenvalue weighted by Gasteiger charge is 2.20. The Kier molecular flexibility index (Phi) is 6.20. The second-order valence-electron chi connectivity index (χ2n) is 5.74. The van der Waals surface area contributed by atoms with Crippen LogP contribution in [0.1, 0.15) is 18.9 Å². The summed E-state index contributed by atoms with van der Waals surface area (Å²) in [5.41, 5.74) is 1.40. The van der Waals surface area contributed by atoms with Crippen LogP contribution in [0.4, 0.5) is 0 Å². The van der Waals surface area contributed by atoms with Gasteiger partial charge in [-0.3, -0.25) is 4.21 Å². The van der Waals surface area contributed by atoms with Crippen LogP contribution in [0.15, 0.2) is 30.3 Å². The van der Waals surface area contributed by atoms with Gasteiger partial charge in [0.1, 0.15) is 0 Å². The Bertz CT molecular complexity index is 424. The molecular formula is C16H26N2OS. The van der Waals surface area contributed by atoms with Crippen molar-refractivity contribution < 1.29 is 4.21 Å². The highest BCUT2D eigenvalue weighted by molar-refractivity contribution is 7.84. The summed E-state index contributed by atoms with van der Waals surface area (Å²) in [7, 11) is -0.697. The minimum atomic E-state index is -0.697. The molecule has 3 atom stereocenters. The molecule has 0 aromatic heterocycles. The van der Waals surface area contributed by atoms with Gasteiger partial charge in [0.05, 0.1) is 0 Å². The van der Waals surface area contributed by atoms with E-state index in [2.05, 4.69) is 47.5 Å². The molecule has 1 aromatic rings. The molecule has 4 heteroatoms. The number of rotatable bonds is 6. The average molecular weight is 294 g/mol. The second-order valence-corrected chi connectivity index (χ2v) is 7.54. The summed E-state index contributed by atoms with van der Waals surface area (Å²) in [5.74, 6) is 0. The number of nitrogens with one attached hydrogen (secondary N) is 1. The van der Waals surface area contributed by atoms with Crippen molar-refractivity contribution in [1.82, 2.24) is 10.2 Å². The van der Waals surface area contributed by atoms with E-state index >= 15 is 0 Å². The van der Waals surface area contributed by atoms with Gasteiger partial charge in [0.15, 0.2) is 0 Å². The van der Waals surface area contributed by atoms with Crippen molar-refractivity contribution in [2.24, 2.45) is 0 Å². The lowest BCUT2D eigenvalue weighted by molar-refractivity contribution is 0.197. The fourth-order valence-electron chi connectivity index (χ4n) is 2.66.